The van der Waals surface area contributed by atoms with Crippen LogP contribution in [0.5, 0.6) is 5.75 Å². The molecule has 0 amide bonds. The van der Waals surface area contributed by atoms with Gasteiger partial charge in [-0.2, -0.15) is 0 Å². The second-order valence-corrected chi connectivity index (χ2v) is 7.03. The third kappa shape index (κ3) is 3.58. The zero-order valence-corrected chi connectivity index (χ0v) is 14.6. The molecule has 0 saturated heterocycles. The average Bonchev–Trinajstić information content (AvgIpc) is 2.82. The van der Waals surface area contributed by atoms with E-state index in [0.29, 0.717) is 5.39 Å². The number of aromatic nitrogens is 1. The Morgan fingerprint density at radius 1 is 1.41 bits per heavy atom. The third-order valence-corrected chi connectivity index (χ3v) is 5.66. The number of benzene rings is 1. The van der Waals surface area contributed by atoms with Crippen molar-refractivity contribution < 1.29 is 15.0 Å². The number of hydrogen-bond donors (Lipinski definition) is 2. The van der Waals surface area contributed by atoms with Crippen LogP contribution in [0.4, 0.5) is 0 Å². The molecule has 4 nitrogen and oxygen atoms in total. The highest BCUT2D eigenvalue weighted by molar-refractivity contribution is 9.09. The lowest BCUT2D eigenvalue weighted by Crippen LogP contribution is -2.29. The summed E-state index contributed by atoms with van der Waals surface area (Å²) in [4.78, 5) is 11.3. The molecule has 0 spiro atoms. The SMILES string of the molecule is CCCC(Br)C(Cl)C(CC(=O)O)n1cc(O)c2ccccc21. The maximum Gasteiger partial charge on any atom is 0.305 e. The molecule has 22 heavy (non-hydrogen) atoms. The number of carboxylic acids is 1. The molecule has 1 aromatic heterocycles. The molecule has 0 saturated carbocycles. The minimum Gasteiger partial charge on any atom is -0.506 e. The van der Waals surface area contributed by atoms with Gasteiger partial charge in [-0.05, 0) is 18.6 Å². The number of carbonyl (C=O) groups is 1. The smallest absolute Gasteiger partial charge is 0.305 e. The van der Waals surface area contributed by atoms with Crippen LogP contribution in [0.2, 0.25) is 0 Å². The largest absolute Gasteiger partial charge is 0.506 e. The molecule has 1 heterocycles. The van der Waals surface area contributed by atoms with Crippen molar-refractivity contribution in [2.75, 3.05) is 0 Å². The summed E-state index contributed by atoms with van der Waals surface area (Å²) in [6, 6.07) is 6.91. The summed E-state index contributed by atoms with van der Waals surface area (Å²) in [5.74, 6) is -0.777. The van der Waals surface area contributed by atoms with Crippen LogP contribution in [0.1, 0.15) is 32.2 Å². The third-order valence-electron chi connectivity index (χ3n) is 3.74. The molecule has 2 rings (SSSR count). The van der Waals surface area contributed by atoms with E-state index in [1.807, 2.05) is 18.2 Å². The van der Waals surface area contributed by atoms with Crippen molar-refractivity contribution in [3.05, 3.63) is 30.5 Å². The van der Waals surface area contributed by atoms with E-state index in [0.717, 1.165) is 18.4 Å². The summed E-state index contributed by atoms with van der Waals surface area (Å²) < 4.78 is 1.78. The Hall–Kier alpha value is -1.20. The predicted octanol–water partition coefficient (Wildman–Crippen LogP) is 4.53. The van der Waals surface area contributed by atoms with Crippen molar-refractivity contribution in [2.24, 2.45) is 0 Å². The van der Waals surface area contributed by atoms with Crippen molar-refractivity contribution in [1.29, 1.82) is 0 Å². The van der Waals surface area contributed by atoms with E-state index in [1.165, 1.54) is 0 Å². The van der Waals surface area contributed by atoms with Gasteiger partial charge in [0.05, 0.1) is 23.4 Å². The van der Waals surface area contributed by atoms with E-state index in [1.54, 1.807) is 16.8 Å². The van der Waals surface area contributed by atoms with Crippen molar-refractivity contribution in [3.63, 3.8) is 0 Å². The van der Waals surface area contributed by atoms with Gasteiger partial charge < -0.3 is 14.8 Å². The van der Waals surface area contributed by atoms with Crippen molar-refractivity contribution in [3.8, 4) is 5.75 Å². The molecule has 0 radical (unpaired) electrons. The normalized spacial score (nSPS) is 15.6. The highest BCUT2D eigenvalue weighted by Crippen LogP contribution is 2.36. The van der Waals surface area contributed by atoms with E-state index < -0.39 is 17.4 Å². The number of para-hydroxylation sites is 1. The first kappa shape index (κ1) is 17.2. The second kappa shape index (κ2) is 7.38. The van der Waals surface area contributed by atoms with E-state index in [4.69, 9.17) is 11.6 Å². The zero-order chi connectivity index (χ0) is 16.3. The molecule has 0 fully saturated rings. The van der Waals surface area contributed by atoms with Crippen LogP contribution in [-0.2, 0) is 4.79 Å². The Balaban J connectivity index is 2.45. The lowest BCUT2D eigenvalue weighted by atomic mass is 10.0. The first-order valence-corrected chi connectivity index (χ1v) is 8.59. The van der Waals surface area contributed by atoms with E-state index in [9.17, 15) is 15.0 Å². The predicted molar refractivity (Wildman–Crippen MR) is 92.2 cm³/mol. The Kier molecular flexibility index (Phi) is 5.75. The number of alkyl halides is 2. The summed E-state index contributed by atoms with van der Waals surface area (Å²) in [6.07, 6.45) is 3.28. The maximum atomic E-state index is 11.3. The number of halogens is 2. The van der Waals surface area contributed by atoms with Crippen LogP contribution in [0.15, 0.2) is 30.5 Å². The van der Waals surface area contributed by atoms with E-state index >= 15 is 0 Å². The molecule has 1 aromatic carbocycles. The molecule has 0 aliphatic rings. The molecule has 120 valence electrons. The van der Waals surface area contributed by atoms with Crippen molar-refractivity contribution in [2.45, 2.75) is 42.4 Å². The first-order valence-electron chi connectivity index (χ1n) is 7.24. The molecular formula is C16H19BrClNO3. The first-order chi connectivity index (χ1) is 10.5. The number of aromatic hydroxyl groups is 1. The van der Waals surface area contributed by atoms with Gasteiger partial charge in [0.2, 0.25) is 0 Å². The van der Waals surface area contributed by atoms with Gasteiger partial charge in [0, 0.05) is 16.4 Å². The van der Waals surface area contributed by atoms with Gasteiger partial charge in [-0.3, -0.25) is 4.79 Å². The summed E-state index contributed by atoms with van der Waals surface area (Å²) >= 11 is 10.1. The van der Waals surface area contributed by atoms with E-state index in [-0.39, 0.29) is 17.0 Å². The van der Waals surface area contributed by atoms with Crippen LogP contribution in [0.3, 0.4) is 0 Å². The summed E-state index contributed by atoms with van der Waals surface area (Å²) in [7, 11) is 0. The molecule has 2 aromatic rings. The fraction of sp³-hybridized carbons (Fsp3) is 0.438. The van der Waals surface area contributed by atoms with E-state index in [2.05, 4.69) is 22.9 Å². The number of carboxylic acid groups (broad SMARTS) is 1. The molecule has 3 atom stereocenters. The molecular weight excluding hydrogens is 370 g/mol. The standard InChI is InChI=1S/C16H19BrClNO3/c1-2-5-11(17)16(18)13(8-15(21)22)19-9-14(20)10-6-3-4-7-12(10)19/h3-4,6-7,9,11,13,16,20H,2,5,8H2,1H3,(H,21,22). The van der Waals surface area contributed by atoms with Gasteiger partial charge in [0.15, 0.2) is 0 Å². The average molecular weight is 389 g/mol. The lowest BCUT2D eigenvalue weighted by Gasteiger charge is -2.27. The van der Waals surface area contributed by atoms with Crippen LogP contribution >= 0.6 is 27.5 Å². The monoisotopic (exact) mass is 387 g/mol. The Morgan fingerprint density at radius 2 is 2.09 bits per heavy atom. The summed E-state index contributed by atoms with van der Waals surface area (Å²) in [5.41, 5.74) is 0.785. The van der Waals surface area contributed by atoms with Gasteiger partial charge in [0.1, 0.15) is 5.75 Å². The molecule has 0 aliphatic carbocycles. The molecule has 0 aliphatic heterocycles. The van der Waals surface area contributed by atoms with Gasteiger partial charge in [-0.15, -0.1) is 11.6 Å². The van der Waals surface area contributed by atoms with Gasteiger partial charge in [-0.25, -0.2) is 0 Å². The number of hydrogen-bond acceptors (Lipinski definition) is 2. The number of fused-ring (bicyclic) bond motifs is 1. The molecule has 6 heteroatoms. The maximum absolute atomic E-state index is 11.3. The molecule has 2 N–H and O–H groups in total. The fourth-order valence-electron chi connectivity index (χ4n) is 2.68. The minimum absolute atomic E-state index is 0.00632. The fourth-order valence-corrected chi connectivity index (χ4v) is 3.83. The Labute approximate surface area is 142 Å². The quantitative estimate of drug-likeness (QED) is 0.685. The van der Waals surface area contributed by atoms with Crippen LogP contribution in [-0.4, -0.2) is 31.0 Å². The van der Waals surface area contributed by atoms with Crippen LogP contribution in [0, 0.1) is 0 Å². The Bertz CT molecular complexity index is 658. The van der Waals surface area contributed by atoms with Crippen LogP contribution in [0.25, 0.3) is 10.9 Å². The van der Waals surface area contributed by atoms with Crippen LogP contribution < -0.4 is 0 Å². The summed E-state index contributed by atoms with van der Waals surface area (Å²) in [6.45, 7) is 2.06. The highest BCUT2D eigenvalue weighted by atomic mass is 79.9. The highest BCUT2D eigenvalue weighted by Gasteiger charge is 2.30. The number of nitrogens with zero attached hydrogens (tertiary/aromatic N) is 1. The van der Waals surface area contributed by atoms with Crippen molar-refractivity contribution in [1.82, 2.24) is 4.57 Å². The topological polar surface area (TPSA) is 62.5 Å². The number of rotatable bonds is 7. The Morgan fingerprint density at radius 3 is 2.73 bits per heavy atom. The zero-order valence-electron chi connectivity index (χ0n) is 12.2. The second-order valence-electron chi connectivity index (χ2n) is 5.35. The molecule has 0 bridgehead atoms. The number of aliphatic carboxylic acids is 1. The summed E-state index contributed by atoms with van der Waals surface area (Å²) in [5, 5.41) is 19.6. The lowest BCUT2D eigenvalue weighted by molar-refractivity contribution is -0.137. The van der Waals surface area contributed by atoms with Gasteiger partial charge in [0.25, 0.3) is 0 Å². The van der Waals surface area contributed by atoms with Crippen molar-refractivity contribution >= 4 is 44.4 Å². The van der Waals surface area contributed by atoms with Gasteiger partial charge in [-0.1, -0.05) is 41.4 Å². The molecule has 3 unspecified atom stereocenters. The van der Waals surface area contributed by atoms with Gasteiger partial charge >= 0.3 is 5.97 Å². The minimum atomic E-state index is -0.913.